The number of nitrogens with two attached hydrogens (primary N) is 1. The molecule has 2 heterocycles. The number of hydrogen-bond donors (Lipinski definition) is 1. The van der Waals surface area contributed by atoms with Gasteiger partial charge in [-0.1, -0.05) is 36.4 Å². The Balaban J connectivity index is 1.83. The Morgan fingerprint density at radius 3 is 2.59 bits per heavy atom. The summed E-state index contributed by atoms with van der Waals surface area (Å²) in [7, 11) is 1.45. The van der Waals surface area contributed by atoms with Crippen molar-refractivity contribution in [2.45, 2.75) is 19.0 Å². The third-order valence-corrected chi connectivity index (χ3v) is 5.02. The van der Waals surface area contributed by atoms with Gasteiger partial charge in [0.25, 0.3) is 0 Å². The molecule has 6 heteroatoms. The van der Waals surface area contributed by atoms with Gasteiger partial charge in [-0.3, -0.25) is 9.98 Å². The molecule has 0 fully saturated rings. The van der Waals surface area contributed by atoms with Gasteiger partial charge in [-0.15, -0.1) is 0 Å². The molecule has 1 aromatic heterocycles. The van der Waals surface area contributed by atoms with Crippen molar-refractivity contribution < 1.29 is 9.13 Å². The molecule has 0 unspecified atom stereocenters. The molecule has 0 saturated carbocycles. The fourth-order valence-electron chi connectivity index (χ4n) is 3.56. The van der Waals surface area contributed by atoms with E-state index in [1.807, 2.05) is 43.3 Å². The zero-order chi connectivity index (χ0) is 20.4. The van der Waals surface area contributed by atoms with Crippen LogP contribution in [0.1, 0.15) is 18.1 Å². The standard InChI is InChI=1S/C23H21FN4O/c1-15-22(25)28-23(27-15,13-16-6-5-11-26-14-16)18-8-3-7-17(12-18)19-9-4-10-20(29-2)21(19)24/h3-12,14H,13H2,1-2H3,(H2,25,28)/t23-/m1/s1. The fourth-order valence-corrected chi connectivity index (χ4v) is 3.56. The molecule has 0 aliphatic carbocycles. The summed E-state index contributed by atoms with van der Waals surface area (Å²) >= 11 is 0. The molecule has 0 amide bonds. The van der Waals surface area contributed by atoms with E-state index in [0.717, 1.165) is 16.7 Å². The highest BCUT2D eigenvalue weighted by atomic mass is 19.1. The first-order valence-electron chi connectivity index (χ1n) is 9.27. The minimum atomic E-state index is -0.900. The number of aromatic nitrogens is 1. The van der Waals surface area contributed by atoms with E-state index in [0.29, 0.717) is 23.5 Å². The number of amidine groups is 1. The van der Waals surface area contributed by atoms with Gasteiger partial charge in [-0.25, -0.2) is 9.38 Å². The summed E-state index contributed by atoms with van der Waals surface area (Å²) in [6.07, 6.45) is 4.02. The Hall–Kier alpha value is -3.54. The number of hydrogen-bond acceptors (Lipinski definition) is 5. The molecule has 3 aromatic rings. The van der Waals surface area contributed by atoms with Gasteiger partial charge in [0.2, 0.25) is 0 Å². The summed E-state index contributed by atoms with van der Waals surface area (Å²) in [5.41, 5.74) is 8.87. The first kappa shape index (κ1) is 18.8. The van der Waals surface area contributed by atoms with E-state index in [1.54, 1.807) is 30.6 Å². The zero-order valence-corrected chi connectivity index (χ0v) is 16.3. The molecule has 2 aromatic carbocycles. The molecular formula is C23H21FN4O. The molecule has 1 atom stereocenters. The summed E-state index contributed by atoms with van der Waals surface area (Å²) in [4.78, 5) is 13.7. The van der Waals surface area contributed by atoms with Crippen LogP contribution in [0.15, 0.2) is 77.0 Å². The smallest absolute Gasteiger partial charge is 0.182 e. The topological polar surface area (TPSA) is 72.9 Å². The fraction of sp³-hybridized carbons (Fsp3) is 0.174. The summed E-state index contributed by atoms with van der Waals surface area (Å²) in [6, 6.07) is 16.5. The highest BCUT2D eigenvalue weighted by Crippen LogP contribution is 2.38. The lowest BCUT2D eigenvalue weighted by Gasteiger charge is -2.24. The maximum Gasteiger partial charge on any atom is 0.182 e. The molecule has 2 N–H and O–H groups in total. The zero-order valence-electron chi connectivity index (χ0n) is 16.3. The number of benzene rings is 2. The van der Waals surface area contributed by atoms with Crippen molar-refractivity contribution in [3.8, 4) is 16.9 Å². The normalized spacial score (nSPS) is 18.3. The van der Waals surface area contributed by atoms with E-state index < -0.39 is 11.5 Å². The van der Waals surface area contributed by atoms with Crippen molar-refractivity contribution in [2.75, 3.05) is 7.11 Å². The van der Waals surface area contributed by atoms with Gasteiger partial charge >= 0.3 is 0 Å². The number of halogens is 1. The second-order valence-electron chi connectivity index (χ2n) is 6.95. The maximum atomic E-state index is 14.8. The number of rotatable bonds is 5. The first-order valence-corrected chi connectivity index (χ1v) is 9.27. The molecule has 0 saturated heterocycles. The Bertz CT molecular complexity index is 1090. The largest absolute Gasteiger partial charge is 0.494 e. The van der Waals surface area contributed by atoms with Crippen LogP contribution in [0.3, 0.4) is 0 Å². The van der Waals surface area contributed by atoms with Crippen molar-refractivity contribution in [3.05, 3.63) is 83.9 Å². The Labute approximate surface area is 168 Å². The van der Waals surface area contributed by atoms with Gasteiger partial charge in [0.1, 0.15) is 5.84 Å². The number of ether oxygens (including phenoxy) is 1. The Morgan fingerprint density at radius 1 is 1.07 bits per heavy atom. The van der Waals surface area contributed by atoms with Crippen molar-refractivity contribution >= 4 is 11.5 Å². The van der Waals surface area contributed by atoms with Crippen LogP contribution in [-0.4, -0.2) is 23.6 Å². The third kappa shape index (κ3) is 3.49. The van der Waals surface area contributed by atoms with Gasteiger partial charge in [0.15, 0.2) is 17.2 Å². The van der Waals surface area contributed by atoms with Crippen molar-refractivity contribution in [1.29, 1.82) is 0 Å². The van der Waals surface area contributed by atoms with Gasteiger partial charge < -0.3 is 10.5 Å². The predicted octanol–water partition coefficient (Wildman–Crippen LogP) is 4.12. The monoisotopic (exact) mass is 388 g/mol. The summed E-state index contributed by atoms with van der Waals surface area (Å²) in [5, 5.41) is 0. The molecule has 5 nitrogen and oxygen atoms in total. The molecule has 0 spiro atoms. The Morgan fingerprint density at radius 2 is 1.90 bits per heavy atom. The average Bonchev–Trinajstić information content (AvgIpc) is 3.03. The van der Waals surface area contributed by atoms with E-state index in [2.05, 4.69) is 4.98 Å². The quantitative estimate of drug-likeness (QED) is 0.714. The van der Waals surface area contributed by atoms with E-state index >= 15 is 0 Å². The van der Waals surface area contributed by atoms with Crippen LogP contribution < -0.4 is 10.5 Å². The number of pyridine rings is 1. The van der Waals surface area contributed by atoms with Gasteiger partial charge in [0, 0.05) is 29.9 Å². The Kier molecular flexibility index (Phi) is 4.84. The van der Waals surface area contributed by atoms with Crippen LogP contribution in [0, 0.1) is 5.82 Å². The van der Waals surface area contributed by atoms with E-state index in [1.165, 1.54) is 7.11 Å². The van der Waals surface area contributed by atoms with Crippen molar-refractivity contribution in [3.63, 3.8) is 0 Å². The highest BCUT2D eigenvalue weighted by Gasteiger charge is 2.36. The maximum absolute atomic E-state index is 14.8. The predicted molar refractivity (Wildman–Crippen MR) is 113 cm³/mol. The lowest BCUT2D eigenvalue weighted by molar-refractivity contribution is 0.387. The molecule has 1 aliphatic rings. The summed E-state index contributed by atoms with van der Waals surface area (Å²) in [6.45, 7) is 1.84. The van der Waals surface area contributed by atoms with Crippen LogP contribution in [0.4, 0.5) is 4.39 Å². The van der Waals surface area contributed by atoms with Crippen LogP contribution >= 0.6 is 0 Å². The van der Waals surface area contributed by atoms with Crippen LogP contribution in [-0.2, 0) is 12.1 Å². The molecule has 0 radical (unpaired) electrons. The second kappa shape index (κ2) is 7.47. The molecular weight excluding hydrogens is 367 g/mol. The van der Waals surface area contributed by atoms with Gasteiger partial charge in [-0.2, -0.15) is 0 Å². The van der Waals surface area contributed by atoms with Crippen LogP contribution in [0.2, 0.25) is 0 Å². The lowest BCUT2D eigenvalue weighted by atomic mass is 9.91. The van der Waals surface area contributed by atoms with Crippen LogP contribution in [0.5, 0.6) is 5.75 Å². The minimum Gasteiger partial charge on any atom is -0.494 e. The van der Waals surface area contributed by atoms with Crippen LogP contribution in [0.25, 0.3) is 11.1 Å². The van der Waals surface area contributed by atoms with E-state index in [-0.39, 0.29) is 5.75 Å². The minimum absolute atomic E-state index is 0.204. The number of aliphatic imine (C=N–C) groups is 2. The number of nitrogens with zero attached hydrogens (tertiary/aromatic N) is 3. The van der Waals surface area contributed by atoms with Crippen molar-refractivity contribution in [1.82, 2.24) is 4.98 Å². The lowest BCUT2D eigenvalue weighted by Crippen LogP contribution is -2.23. The molecule has 1 aliphatic heterocycles. The number of methoxy groups -OCH3 is 1. The molecule has 0 bridgehead atoms. The average molecular weight is 388 g/mol. The third-order valence-electron chi connectivity index (χ3n) is 5.02. The highest BCUT2D eigenvalue weighted by molar-refractivity contribution is 6.41. The SMILES string of the molecule is COc1cccc(-c2cccc([C@]3(Cc4cccnc4)N=C(C)C(N)=N3)c2)c1F. The van der Waals surface area contributed by atoms with Crippen molar-refractivity contribution in [2.24, 2.45) is 15.7 Å². The van der Waals surface area contributed by atoms with Gasteiger partial charge in [0.05, 0.1) is 12.8 Å². The van der Waals surface area contributed by atoms with E-state index in [9.17, 15) is 4.39 Å². The first-order chi connectivity index (χ1) is 14.0. The second-order valence-corrected chi connectivity index (χ2v) is 6.95. The molecule has 4 rings (SSSR count). The summed E-state index contributed by atoms with van der Waals surface area (Å²) < 4.78 is 19.9. The van der Waals surface area contributed by atoms with E-state index in [4.69, 9.17) is 20.5 Å². The molecule has 146 valence electrons. The molecule has 29 heavy (non-hydrogen) atoms. The summed E-state index contributed by atoms with van der Waals surface area (Å²) in [5.74, 6) is 0.212. The van der Waals surface area contributed by atoms with Gasteiger partial charge in [-0.05, 0) is 36.2 Å².